The molecule has 6 aromatic carbocycles. The molecule has 0 unspecified atom stereocenters. The molecule has 1 radical (unpaired) electrons. The van der Waals surface area contributed by atoms with Gasteiger partial charge in [-0.1, -0.05) is 156 Å². The number of ketones is 1. The smallest absolute Gasteiger partial charge is 0.201 e. The largest absolute Gasteiger partial charge is 0.497 e. The molecule has 4 atom stereocenters. The molecule has 0 saturated carbocycles. The zero-order valence-electron chi connectivity index (χ0n) is 37.9. The van der Waals surface area contributed by atoms with Gasteiger partial charge in [-0.05, 0) is 61.7 Å². The number of hydrogen-bond donors (Lipinski definition) is 2. The summed E-state index contributed by atoms with van der Waals surface area (Å²) < 4.78 is 35.5. The number of nitrogens with zero attached hydrogens (tertiary/aromatic N) is 4. The molecule has 3 N–H and O–H groups in total. The first kappa shape index (κ1) is 45.2. The second-order valence-corrected chi connectivity index (χ2v) is 20.0. The number of fused-ring (bicyclic) bond motifs is 1. The van der Waals surface area contributed by atoms with Crippen molar-refractivity contribution < 1.29 is 33.6 Å². The van der Waals surface area contributed by atoms with Gasteiger partial charge >= 0.3 is 0 Å². The van der Waals surface area contributed by atoms with Crippen molar-refractivity contribution in [3.8, 4) is 11.5 Å². The minimum absolute atomic E-state index is 0.122. The average molecular weight is 911 g/mol. The second kappa shape index (κ2) is 18.3. The van der Waals surface area contributed by atoms with Crippen LogP contribution in [0, 0.1) is 0 Å². The Labute approximate surface area is 391 Å². The summed E-state index contributed by atoms with van der Waals surface area (Å²) in [5.74, 6) is 0.835. The van der Waals surface area contributed by atoms with E-state index in [9.17, 15) is 5.11 Å². The highest BCUT2D eigenvalue weighted by Crippen LogP contribution is 2.52. The standard InChI is InChI=1S/C54H52N5O7Si/c1-51(2,3)66-48-45(34-64-52(38-20-12-7-13-21-38,39-26-30-41(62-4)31-27-39)40-28-32-42(63-5)33-29-40)65-54(53(48,61)47(60)37-18-10-6-11-19-37,59-36-58-46-49(55)56-35-57-50(46)59)67(43-22-14-8-15-23-43)44-24-16-9-17-25-44/h6-33,35-36,45,48,61H,34H2,1-5H3,(H2,55,56,57)/t45-,48-,53-,54+/m1/s1. The number of nitrogen functional groups attached to an aromatic ring is 1. The van der Waals surface area contributed by atoms with Crippen molar-refractivity contribution in [2.75, 3.05) is 26.6 Å². The summed E-state index contributed by atoms with van der Waals surface area (Å²) in [7, 11) is 0.654. The first-order valence-corrected chi connectivity index (χ1v) is 23.5. The van der Waals surface area contributed by atoms with Gasteiger partial charge in [0, 0.05) is 5.56 Å². The lowest BCUT2D eigenvalue weighted by Crippen LogP contribution is -2.74. The van der Waals surface area contributed by atoms with E-state index < -0.39 is 48.9 Å². The van der Waals surface area contributed by atoms with Crippen LogP contribution < -0.4 is 25.6 Å². The van der Waals surface area contributed by atoms with E-state index in [0.29, 0.717) is 11.5 Å². The number of ether oxygens (including phenoxy) is 5. The van der Waals surface area contributed by atoms with Crippen molar-refractivity contribution >= 4 is 41.9 Å². The number of carbonyl (C=O) groups is 1. The van der Waals surface area contributed by atoms with Crippen LogP contribution in [0.2, 0.25) is 0 Å². The summed E-state index contributed by atoms with van der Waals surface area (Å²) in [5.41, 5.74) is 4.89. The highest BCUT2D eigenvalue weighted by Gasteiger charge is 2.75. The van der Waals surface area contributed by atoms with E-state index in [1.54, 1.807) is 43.1 Å². The molecule has 2 aromatic heterocycles. The quantitative estimate of drug-likeness (QED) is 0.0614. The number of rotatable bonds is 15. The Morgan fingerprint density at radius 1 is 0.701 bits per heavy atom. The van der Waals surface area contributed by atoms with Crippen molar-refractivity contribution in [1.82, 2.24) is 19.5 Å². The van der Waals surface area contributed by atoms with Gasteiger partial charge in [-0.2, -0.15) is 0 Å². The monoisotopic (exact) mass is 910 g/mol. The van der Waals surface area contributed by atoms with Gasteiger partial charge in [0.1, 0.15) is 41.2 Å². The molecule has 12 nitrogen and oxygen atoms in total. The minimum Gasteiger partial charge on any atom is -0.497 e. The predicted molar refractivity (Wildman–Crippen MR) is 259 cm³/mol. The lowest BCUT2D eigenvalue weighted by atomic mass is 9.79. The number of Topliss-reactive ketones (excluding diaryl/α,β-unsaturated/α-hetero) is 1. The highest BCUT2D eigenvalue weighted by atomic mass is 28.3. The van der Waals surface area contributed by atoms with Crippen molar-refractivity contribution in [2.24, 2.45) is 0 Å². The van der Waals surface area contributed by atoms with Crippen LogP contribution >= 0.6 is 0 Å². The van der Waals surface area contributed by atoms with Gasteiger partial charge in [-0.25, -0.2) is 15.0 Å². The number of methoxy groups -OCH3 is 2. The van der Waals surface area contributed by atoms with E-state index in [1.807, 2.05) is 166 Å². The molecule has 0 spiro atoms. The van der Waals surface area contributed by atoms with Crippen molar-refractivity contribution in [2.45, 2.75) is 55.1 Å². The molecule has 1 aliphatic heterocycles. The van der Waals surface area contributed by atoms with Crippen molar-refractivity contribution in [1.29, 1.82) is 0 Å². The Kier molecular flexibility index (Phi) is 12.4. The average Bonchev–Trinajstić information content (AvgIpc) is 3.91. The van der Waals surface area contributed by atoms with Gasteiger partial charge in [0.2, 0.25) is 11.4 Å². The Hall–Kier alpha value is -7.00. The number of imidazole rings is 1. The second-order valence-electron chi connectivity index (χ2n) is 17.4. The molecule has 9 rings (SSSR count). The van der Waals surface area contributed by atoms with Gasteiger partial charge in [0.15, 0.2) is 25.6 Å². The zero-order valence-corrected chi connectivity index (χ0v) is 38.9. The van der Waals surface area contributed by atoms with E-state index in [4.69, 9.17) is 39.4 Å². The third-order valence-corrected chi connectivity index (χ3v) is 15.5. The molecular weight excluding hydrogens is 859 g/mol. The zero-order chi connectivity index (χ0) is 46.8. The fourth-order valence-corrected chi connectivity index (χ4v) is 12.8. The fraction of sp³-hybridized carbons (Fsp3) is 0.222. The molecule has 3 heterocycles. The Bertz CT molecular complexity index is 2850. The number of aromatic nitrogens is 4. The SMILES string of the molecule is COc1ccc(C(OC[C@H]2O[C@](n3cnc4c(N)ncnc43)([Si](c3ccccc3)c3ccccc3)[C@@](O)(C(=O)c3ccccc3)[C@@H]2OC(C)(C)C)(c2ccccc2)c2ccc(OC)cc2)cc1. The summed E-state index contributed by atoms with van der Waals surface area (Å²) in [6.45, 7) is 5.47. The summed E-state index contributed by atoms with van der Waals surface area (Å²) in [4.78, 5) is 29.9. The maximum atomic E-state index is 16.1. The van der Waals surface area contributed by atoms with Crippen LogP contribution in [-0.2, 0) is 25.2 Å². The number of benzene rings is 6. The normalized spacial score (nSPS) is 19.7. The molecule has 13 heteroatoms. The van der Waals surface area contributed by atoms with Crippen LogP contribution in [0.3, 0.4) is 0 Å². The lowest BCUT2D eigenvalue weighted by Gasteiger charge is -2.47. The summed E-state index contributed by atoms with van der Waals surface area (Å²) >= 11 is 0. The van der Waals surface area contributed by atoms with Crippen LogP contribution in [0.5, 0.6) is 11.5 Å². The van der Waals surface area contributed by atoms with Crippen LogP contribution in [-0.4, -0.2) is 83.4 Å². The molecule has 1 saturated heterocycles. The maximum absolute atomic E-state index is 16.1. The highest BCUT2D eigenvalue weighted by molar-refractivity contribution is 6.87. The number of hydrogen-bond acceptors (Lipinski definition) is 11. The van der Waals surface area contributed by atoms with Crippen LogP contribution in [0.4, 0.5) is 5.82 Å². The van der Waals surface area contributed by atoms with E-state index >= 15 is 4.79 Å². The molecule has 0 bridgehead atoms. The fourth-order valence-electron chi connectivity index (χ4n) is 9.33. The third kappa shape index (κ3) is 7.98. The van der Waals surface area contributed by atoms with Crippen LogP contribution in [0.1, 0.15) is 47.8 Å². The molecule has 1 aliphatic rings. The summed E-state index contributed by atoms with van der Waals surface area (Å²) in [6.07, 6.45) is 0.343. The third-order valence-electron chi connectivity index (χ3n) is 12.3. The lowest BCUT2D eigenvalue weighted by molar-refractivity contribution is -0.150. The Morgan fingerprint density at radius 2 is 1.19 bits per heavy atom. The van der Waals surface area contributed by atoms with Gasteiger partial charge in [0.25, 0.3) is 0 Å². The first-order chi connectivity index (χ1) is 32.4. The van der Waals surface area contributed by atoms with Crippen LogP contribution in [0.15, 0.2) is 183 Å². The van der Waals surface area contributed by atoms with Crippen LogP contribution in [0.25, 0.3) is 11.2 Å². The van der Waals surface area contributed by atoms with Gasteiger partial charge in [-0.3, -0.25) is 9.36 Å². The number of anilines is 1. The Morgan fingerprint density at radius 3 is 1.70 bits per heavy atom. The van der Waals surface area contributed by atoms with E-state index in [-0.39, 0.29) is 29.2 Å². The Balaban J connectivity index is 1.35. The summed E-state index contributed by atoms with van der Waals surface area (Å²) in [6, 6.07) is 53.8. The van der Waals surface area contributed by atoms with Gasteiger partial charge in [-0.15, -0.1) is 0 Å². The molecule has 1 fully saturated rings. The number of nitrogens with two attached hydrogens (primary N) is 1. The molecular formula is C54H52N5O7Si. The van der Waals surface area contributed by atoms with Crippen molar-refractivity contribution in [3.63, 3.8) is 0 Å². The van der Waals surface area contributed by atoms with E-state index in [2.05, 4.69) is 4.98 Å². The number of aliphatic hydroxyl groups is 1. The first-order valence-electron chi connectivity index (χ1n) is 22.0. The molecule has 339 valence electrons. The topological polar surface area (TPSA) is 153 Å². The summed E-state index contributed by atoms with van der Waals surface area (Å²) in [5, 5.41) is 14.3. The molecule has 67 heavy (non-hydrogen) atoms. The van der Waals surface area contributed by atoms with Gasteiger partial charge < -0.3 is 34.5 Å². The number of carbonyl (C=O) groups excluding carboxylic acids is 1. The molecule has 0 aliphatic carbocycles. The van der Waals surface area contributed by atoms with E-state index in [0.717, 1.165) is 27.1 Å². The van der Waals surface area contributed by atoms with E-state index in [1.165, 1.54) is 12.7 Å². The maximum Gasteiger partial charge on any atom is 0.201 e. The molecule has 8 aromatic rings. The predicted octanol–water partition coefficient (Wildman–Crippen LogP) is 7.13. The minimum atomic E-state index is -2.60. The molecule has 0 amide bonds. The van der Waals surface area contributed by atoms with Crippen molar-refractivity contribution in [3.05, 3.63) is 205 Å². The van der Waals surface area contributed by atoms with Gasteiger partial charge in [0.05, 0.1) is 32.8 Å².